The van der Waals surface area contributed by atoms with E-state index in [4.69, 9.17) is 11.6 Å². The summed E-state index contributed by atoms with van der Waals surface area (Å²) in [5, 5.41) is 3.77. The zero-order valence-electron chi connectivity index (χ0n) is 11.7. The number of pyridine rings is 1. The van der Waals surface area contributed by atoms with Crippen LogP contribution >= 0.6 is 11.6 Å². The molecule has 1 aromatic heterocycles. The summed E-state index contributed by atoms with van der Waals surface area (Å²) >= 11 is 5.90. The van der Waals surface area contributed by atoms with Crippen LogP contribution in [-0.4, -0.2) is 10.9 Å². The second-order valence-electron chi connectivity index (χ2n) is 4.94. The van der Waals surface area contributed by atoms with Crippen molar-refractivity contribution in [3.05, 3.63) is 70.6 Å². The van der Waals surface area contributed by atoms with Crippen LogP contribution in [0.3, 0.4) is 0 Å². The summed E-state index contributed by atoms with van der Waals surface area (Å²) in [6, 6.07) is 12.7. The van der Waals surface area contributed by atoms with Crippen molar-refractivity contribution in [2.24, 2.45) is 0 Å². The molecule has 1 N–H and O–H groups in total. The molecule has 0 saturated heterocycles. The Bertz CT molecular complexity index is 880. The number of amides is 1. The molecule has 0 aliphatic heterocycles. The fourth-order valence-corrected chi connectivity index (χ4v) is 2.47. The van der Waals surface area contributed by atoms with E-state index in [0.717, 1.165) is 0 Å². The summed E-state index contributed by atoms with van der Waals surface area (Å²) in [6.07, 6.45) is 0. The highest BCUT2D eigenvalue weighted by atomic mass is 35.5. The minimum Gasteiger partial charge on any atom is -0.322 e. The molecule has 0 fully saturated rings. The third-order valence-electron chi connectivity index (χ3n) is 3.23. The lowest BCUT2D eigenvalue weighted by molar-refractivity contribution is 0.102. The third-order valence-corrected chi connectivity index (χ3v) is 3.46. The first kappa shape index (κ1) is 14.5. The predicted octanol–water partition coefficient (Wildman–Crippen LogP) is 4.59. The highest BCUT2D eigenvalue weighted by molar-refractivity contribution is 6.31. The average molecular weight is 315 g/mol. The summed E-state index contributed by atoms with van der Waals surface area (Å²) in [7, 11) is 0. The van der Waals surface area contributed by atoms with Crippen molar-refractivity contribution in [2.75, 3.05) is 5.32 Å². The predicted molar refractivity (Wildman–Crippen MR) is 85.8 cm³/mol. The zero-order chi connectivity index (χ0) is 15.7. The number of carbonyl (C=O) groups excluding carboxylic acids is 1. The average Bonchev–Trinajstić information content (AvgIpc) is 2.47. The van der Waals surface area contributed by atoms with Crippen molar-refractivity contribution < 1.29 is 9.18 Å². The van der Waals surface area contributed by atoms with Gasteiger partial charge in [-0.25, -0.2) is 4.39 Å². The maximum atomic E-state index is 13.5. The lowest BCUT2D eigenvalue weighted by Crippen LogP contribution is -2.13. The maximum Gasteiger partial charge on any atom is 0.256 e. The molecule has 0 bridgehead atoms. The second-order valence-corrected chi connectivity index (χ2v) is 5.37. The number of anilines is 1. The van der Waals surface area contributed by atoms with E-state index in [0.29, 0.717) is 32.9 Å². The van der Waals surface area contributed by atoms with Crippen LogP contribution < -0.4 is 5.32 Å². The number of hydrogen-bond acceptors (Lipinski definition) is 2. The van der Waals surface area contributed by atoms with Crippen molar-refractivity contribution in [2.45, 2.75) is 6.92 Å². The quantitative estimate of drug-likeness (QED) is 0.751. The fourth-order valence-electron chi connectivity index (χ4n) is 2.28. The van der Waals surface area contributed by atoms with Gasteiger partial charge in [-0.1, -0.05) is 17.7 Å². The number of benzene rings is 2. The molecule has 2 aromatic carbocycles. The van der Waals surface area contributed by atoms with Gasteiger partial charge in [0.05, 0.1) is 11.1 Å². The van der Waals surface area contributed by atoms with E-state index in [2.05, 4.69) is 10.3 Å². The minimum absolute atomic E-state index is 0.330. The summed E-state index contributed by atoms with van der Waals surface area (Å²) in [6.45, 7) is 1.79. The molecular formula is C17H12ClFN2O. The number of nitrogens with one attached hydrogen (secondary N) is 1. The smallest absolute Gasteiger partial charge is 0.256 e. The van der Waals surface area contributed by atoms with Gasteiger partial charge >= 0.3 is 0 Å². The molecule has 22 heavy (non-hydrogen) atoms. The van der Waals surface area contributed by atoms with E-state index in [-0.39, 0.29) is 5.91 Å². The number of nitrogens with zero attached hydrogens (tertiary/aromatic N) is 1. The van der Waals surface area contributed by atoms with Gasteiger partial charge < -0.3 is 5.32 Å². The molecule has 1 heterocycles. The van der Waals surface area contributed by atoms with Crippen LogP contribution in [0.25, 0.3) is 10.9 Å². The summed E-state index contributed by atoms with van der Waals surface area (Å²) in [4.78, 5) is 16.8. The Morgan fingerprint density at radius 2 is 2.00 bits per heavy atom. The van der Waals surface area contributed by atoms with E-state index >= 15 is 0 Å². The highest BCUT2D eigenvalue weighted by Crippen LogP contribution is 2.22. The van der Waals surface area contributed by atoms with Crippen LogP contribution in [0.5, 0.6) is 0 Å². The summed E-state index contributed by atoms with van der Waals surface area (Å²) in [5.41, 5.74) is 2.23. The first-order valence-electron chi connectivity index (χ1n) is 6.67. The van der Waals surface area contributed by atoms with E-state index in [9.17, 15) is 9.18 Å². The van der Waals surface area contributed by atoms with Crippen molar-refractivity contribution >= 4 is 34.1 Å². The molecule has 3 nitrogen and oxygen atoms in total. The van der Waals surface area contributed by atoms with E-state index in [1.807, 2.05) is 0 Å². The Morgan fingerprint density at radius 3 is 2.77 bits per heavy atom. The molecule has 0 aliphatic rings. The van der Waals surface area contributed by atoms with Gasteiger partial charge in [0.15, 0.2) is 0 Å². The Balaban J connectivity index is 2.05. The Hall–Kier alpha value is -2.46. The van der Waals surface area contributed by atoms with Gasteiger partial charge in [-0.3, -0.25) is 9.78 Å². The van der Waals surface area contributed by atoms with Gasteiger partial charge in [0.2, 0.25) is 0 Å². The Morgan fingerprint density at radius 1 is 1.18 bits per heavy atom. The molecule has 1 amide bonds. The monoisotopic (exact) mass is 314 g/mol. The molecule has 0 radical (unpaired) electrons. The Labute approximate surface area is 131 Å². The zero-order valence-corrected chi connectivity index (χ0v) is 12.5. The molecule has 3 aromatic rings. The van der Waals surface area contributed by atoms with Crippen LogP contribution in [0.2, 0.25) is 5.02 Å². The van der Waals surface area contributed by atoms with Crippen molar-refractivity contribution in [1.29, 1.82) is 0 Å². The van der Waals surface area contributed by atoms with Crippen molar-refractivity contribution in [1.82, 2.24) is 4.98 Å². The van der Waals surface area contributed by atoms with Gasteiger partial charge in [-0.05, 0) is 49.4 Å². The van der Waals surface area contributed by atoms with Crippen LogP contribution in [-0.2, 0) is 0 Å². The number of carbonyl (C=O) groups is 1. The number of aromatic nitrogens is 1. The first-order valence-corrected chi connectivity index (χ1v) is 7.04. The number of aryl methyl sites for hydroxylation is 1. The normalized spacial score (nSPS) is 10.7. The Kier molecular flexibility index (Phi) is 3.77. The minimum atomic E-state index is -0.407. The highest BCUT2D eigenvalue weighted by Gasteiger charge is 2.13. The molecule has 0 unspecified atom stereocenters. The van der Waals surface area contributed by atoms with Gasteiger partial charge in [0, 0.05) is 21.8 Å². The van der Waals surface area contributed by atoms with Crippen molar-refractivity contribution in [3.8, 4) is 0 Å². The second kappa shape index (κ2) is 5.73. The van der Waals surface area contributed by atoms with E-state index in [1.54, 1.807) is 43.3 Å². The van der Waals surface area contributed by atoms with E-state index in [1.165, 1.54) is 12.1 Å². The summed E-state index contributed by atoms with van der Waals surface area (Å²) in [5.74, 6) is -0.738. The number of fused-ring (bicyclic) bond motifs is 1. The molecular weight excluding hydrogens is 303 g/mol. The van der Waals surface area contributed by atoms with Gasteiger partial charge in [-0.2, -0.15) is 0 Å². The third kappa shape index (κ3) is 2.92. The van der Waals surface area contributed by atoms with Crippen LogP contribution in [0, 0.1) is 12.7 Å². The fraction of sp³-hybridized carbons (Fsp3) is 0.0588. The lowest BCUT2D eigenvalue weighted by Gasteiger charge is -2.09. The molecule has 0 saturated carbocycles. The molecule has 0 aliphatic carbocycles. The van der Waals surface area contributed by atoms with Crippen molar-refractivity contribution in [3.63, 3.8) is 0 Å². The van der Waals surface area contributed by atoms with Gasteiger partial charge in [-0.15, -0.1) is 0 Å². The molecule has 110 valence electrons. The first-order chi connectivity index (χ1) is 10.5. The number of rotatable bonds is 2. The molecule has 3 rings (SSSR count). The van der Waals surface area contributed by atoms with Gasteiger partial charge in [0.25, 0.3) is 5.91 Å². The van der Waals surface area contributed by atoms with Gasteiger partial charge in [0.1, 0.15) is 5.82 Å². The maximum absolute atomic E-state index is 13.5. The molecule has 0 spiro atoms. The largest absolute Gasteiger partial charge is 0.322 e. The number of halogens is 2. The lowest BCUT2D eigenvalue weighted by atomic mass is 10.1. The SMILES string of the molecule is Cc1cc(C(=O)Nc2cccc(Cl)c2)c2cc(F)ccc2n1. The van der Waals surface area contributed by atoms with Crippen LogP contribution in [0.4, 0.5) is 10.1 Å². The summed E-state index contributed by atoms with van der Waals surface area (Å²) < 4.78 is 13.5. The number of hydrogen-bond donors (Lipinski definition) is 1. The molecule has 5 heteroatoms. The standard InChI is InChI=1S/C17H12ClFN2O/c1-10-7-15(14-9-12(19)5-6-16(14)20-10)17(22)21-13-4-2-3-11(18)8-13/h2-9H,1H3,(H,21,22). The van der Waals surface area contributed by atoms with Crippen LogP contribution in [0.15, 0.2) is 48.5 Å². The van der Waals surface area contributed by atoms with E-state index < -0.39 is 5.82 Å². The topological polar surface area (TPSA) is 42.0 Å². The molecule has 0 atom stereocenters. The van der Waals surface area contributed by atoms with Crippen LogP contribution in [0.1, 0.15) is 16.1 Å².